The van der Waals surface area contributed by atoms with Crippen LogP contribution >= 0.6 is 0 Å². The van der Waals surface area contributed by atoms with Gasteiger partial charge in [0, 0.05) is 30.1 Å². The van der Waals surface area contributed by atoms with Crippen molar-refractivity contribution in [2.24, 2.45) is 5.92 Å². The minimum atomic E-state index is -0.431. The molecular formula is C28H34N4O4. The molecule has 0 aliphatic carbocycles. The molecule has 0 aliphatic rings. The Morgan fingerprint density at radius 3 is 2.28 bits per heavy atom. The maximum Gasteiger partial charge on any atom is 0.323 e. The molecule has 0 fully saturated rings. The van der Waals surface area contributed by atoms with Gasteiger partial charge in [0.15, 0.2) is 0 Å². The molecule has 8 nitrogen and oxygen atoms in total. The summed E-state index contributed by atoms with van der Waals surface area (Å²) in [6.07, 6.45) is 0.832. The highest BCUT2D eigenvalue weighted by molar-refractivity contribution is 6.01. The molecule has 36 heavy (non-hydrogen) atoms. The van der Waals surface area contributed by atoms with Crippen LogP contribution in [-0.2, 0) is 0 Å². The number of anilines is 2. The fraction of sp³-hybridized carbons (Fsp3) is 0.286. The van der Waals surface area contributed by atoms with Gasteiger partial charge in [-0.15, -0.1) is 0 Å². The fourth-order valence-electron chi connectivity index (χ4n) is 3.41. The van der Waals surface area contributed by atoms with Crippen LogP contribution in [0.2, 0.25) is 0 Å². The van der Waals surface area contributed by atoms with Gasteiger partial charge in [0.1, 0.15) is 17.2 Å². The first kappa shape index (κ1) is 26.6. The van der Waals surface area contributed by atoms with E-state index in [2.05, 4.69) is 35.1 Å². The highest BCUT2D eigenvalue weighted by Crippen LogP contribution is 2.25. The molecule has 0 radical (unpaired) electrons. The highest BCUT2D eigenvalue weighted by Gasteiger charge is 2.14. The van der Waals surface area contributed by atoms with E-state index in [-0.39, 0.29) is 5.91 Å². The Kier molecular flexibility index (Phi) is 10.1. The quantitative estimate of drug-likeness (QED) is 0.251. The summed E-state index contributed by atoms with van der Waals surface area (Å²) in [6.45, 7) is 6.67. The van der Waals surface area contributed by atoms with Gasteiger partial charge in [0.05, 0.1) is 12.7 Å². The zero-order valence-electron chi connectivity index (χ0n) is 21.0. The van der Waals surface area contributed by atoms with Gasteiger partial charge in [0.25, 0.3) is 5.91 Å². The van der Waals surface area contributed by atoms with Crippen molar-refractivity contribution in [2.75, 3.05) is 37.4 Å². The first-order valence-corrected chi connectivity index (χ1v) is 12.0. The maximum absolute atomic E-state index is 12.6. The topological polar surface area (TPSA) is 101 Å². The van der Waals surface area contributed by atoms with Crippen molar-refractivity contribution < 1.29 is 19.1 Å². The van der Waals surface area contributed by atoms with E-state index >= 15 is 0 Å². The van der Waals surface area contributed by atoms with Crippen LogP contribution in [0.5, 0.6) is 17.2 Å². The molecule has 3 rings (SSSR count). The number of nitrogens with one attached hydrogen (secondary N) is 4. The molecule has 3 aromatic rings. The van der Waals surface area contributed by atoms with Crippen molar-refractivity contribution in [1.82, 2.24) is 10.6 Å². The molecule has 0 heterocycles. The smallest absolute Gasteiger partial charge is 0.323 e. The summed E-state index contributed by atoms with van der Waals surface area (Å²) in [5.41, 5.74) is 1.48. The number of carbonyl (C=O) groups is 2. The van der Waals surface area contributed by atoms with E-state index in [9.17, 15) is 9.59 Å². The van der Waals surface area contributed by atoms with Crippen molar-refractivity contribution in [2.45, 2.75) is 20.3 Å². The molecule has 0 aromatic heterocycles. The predicted molar refractivity (Wildman–Crippen MR) is 143 cm³/mol. The van der Waals surface area contributed by atoms with Crippen molar-refractivity contribution in [3.63, 3.8) is 0 Å². The molecule has 0 saturated carbocycles. The minimum absolute atomic E-state index is 0.220. The van der Waals surface area contributed by atoms with Crippen LogP contribution in [0.4, 0.5) is 16.2 Å². The van der Waals surface area contributed by atoms with Crippen LogP contribution in [-0.4, -0.2) is 38.7 Å². The third kappa shape index (κ3) is 8.63. The van der Waals surface area contributed by atoms with Crippen LogP contribution in [0.1, 0.15) is 30.6 Å². The number of para-hydroxylation sites is 1. The molecular weight excluding hydrogens is 456 g/mol. The van der Waals surface area contributed by atoms with Gasteiger partial charge in [0.2, 0.25) is 0 Å². The minimum Gasteiger partial charge on any atom is -0.496 e. The number of urea groups is 1. The summed E-state index contributed by atoms with van der Waals surface area (Å²) in [5.74, 6) is 2.06. The van der Waals surface area contributed by atoms with E-state index in [1.165, 1.54) is 7.11 Å². The number of amides is 3. The van der Waals surface area contributed by atoms with E-state index in [0.717, 1.165) is 19.5 Å². The number of benzene rings is 3. The molecule has 8 heteroatoms. The van der Waals surface area contributed by atoms with Crippen molar-refractivity contribution in [3.05, 3.63) is 78.4 Å². The lowest BCUT2D eigenvalue weighted by Crippen LogP contribution is -2.28. The van der Waals surface area contributed by atoms with E-state index in [1.807, 2.05) is 36.4 Å². The Labute approximate surface area is 212 Å². The summed E-state index contributed by atoms with van der Waals surface area (Å²) in [6, 6.07) is 21.0. The second kappa shape index (κ2) is 13.7. The Balaban J connectivity index is 1.53. The first-order valence-electron chi connectivity index (χ1n) is 12.0. The van der Waals surface area contributed by atoms with Gasteiger partial charge >= 0.3 is 6.03 Å². The largest absolute Gasteiger partial charge is 0.496 e. The van der Waals surface area contributed by atoms with Crippen LogP contribution in [0.15, 0.2) is 72.8 Å². The first-order chi connectivity index (χ1) is 17.4. The molecule has 3 amide bonds. The standard InChI is InChI=1S/C28H34N4O4/c1-20(2)19-29-15-8-16-30-27(33)25-14-13-22(18-26(25)35-3)32-28(34)31-21-9-7-12-24(17-21)36-23-10-5-4-6-11-23/h4-7,9-14,17-18,20,29H,8,15-16,19H2,1-3H3,(H,30,33)(H2,31,32,34). The van der Waals surface area contributed by atoms with Crippen molar-refractivity contribution in [1.29, 1.82) is 0 Å². The zero-order chi connectivity index (χ0) is 25.8. The number of hydrogen-bond donors (Lipinski definition) is 4. The molecule has 3 aromatic carbocycles. The maximum atomic E-state index is 12.6. The summed E-state index contributed by atoms with van der Waals surface area (Å²) >= 11 is 0. The van der Waals surface area contributed by atoms with Gasteiger partial charge in [-0.1, -0.05) is 38.1 Å². The Morgan fingerprint density at radius 2 is 1.56 bits per heavy atom. The summed E-state index contributed by atoms with van der Waals surface area (Å²) < 4.78 is 11.2. The number of methoxy groups -OCH3 is 1. The normalized spacial score (nSPS) is 10.6. The van der Waals surface area contributed by atoms with Crippen LogP contribution in [0.25, 0.3) is 0 Å². The second-order valence-electron chi connectivity index (χ2n) is 8.64. The van der Waals surface area contributed by atoms with Crippen LogP contribution in [0, 0.1) is 5.92 Å². The van der Waals surface area contributed by atoms with Gasteiger partial charge in [-0.25, -0.2) is 4.79 Å². The van der Waals surface area contributed by atoms with Crippen molar-refractivity contribution in [3.8, 4) is 17.2 Å². The molecule has 190 valence electrons. The van der Waals surface area contributed by atoms with Crippen LogP contribution < -0.4 is 30.7 Å². The molecule has 0 aliphatic heterocycles. The Bertz CT molecular complexity index is 1140. The molecule has 0 unspecified atom stereocenters. The van der Waals surface area contributed by atoms with Gasteiger partial charge in [-0.05, 0) is 61.8 Å². The Morgan fingerprint density at radius 1 is 0.833 bits per heavy atom. The van der Waals surface area contributed by atoms with E-state index in [0.29, 0.717) is 46.6 Å². The molecule has 0 atom stereocenters. The number of carbonyl (C=O) groups excluding carboxylic acids is 2. The lowest BCUT2D eigenvalue weighted by molar-refractivity contribution is 0.0950. The van der Waals surface area contributed by atoms with E-state index in [1.54, 1.807) is 36.4 Å². The second-order valence-corrected chi connectivity index (χ2v) is 8.64. The lowest BCUT2D eigenvalue weighted by Gasteiger charge is -2.13. The van der Waals surface area contributed by atoms with Crippen LogP contribution in [0.3, 0.4) is 0 Å². The van der Waals surface area contributed by atoms with Gasteiger partial charge in [-0.2, -0.15) is 0 Å². The third-order valence-corrected chi connectivity index (χ3v) is 5.14. The SMILES string of the molecule is COc1cc(NC(=O)Nc2cccc(Oc3ccccc3)c2)ccc1C(=O)NCCCNCC(C)C. The molecule has 4 N–H and O–H groups in total. The number of rotatable bonds is 12. The summed E-state index contributed by atoms with van der Waals surface area (Å²) in [4.78, 5) is 25.1. The highest BCUT2D eigenvalue weighted by atomic mass is 16.5. The Hall–Kier alpha value is -4.04. The monoisotopic (exact) mass is 490 g/mol. The zero-order valence-corrected chi connectivity index (χ0v) is 21.0. The fourth-order valence-corrected chi connectivity index (χ4v) is 3.41. The molecule has 0 spiro atoms. The lowest BCUT2D eigenvalue weighted by atomic mass is 10.1. The number of hydrogen-bond acceptors (Lipinski definition) is 5. The van der Waals surface area contributed by atoms with E-state index in [4.69, 9.17) is 9.47 Å². The third-order valence-electron chi connectivity index (χ3n) is 5.14. The molecule has 0 bridgehead atoms. The summed E-state index contributed by atoms with van der Waals surface area (Å²) in [7, 11) is 1.49. The van der Waals surface area contributed by atoms with E-state index < -0.39 is 6.03 Å². The average molecular weight is 491 g/mol. The van der Waals surface area contributed by atoms with Crippen molar-refractivity contribution >= 4 is 23.3 Å². The summed E-state index contributed by atoms with van der Waals surface area (Å²) in [5, 5.41) is 11.8. The average Bonchev–Trinajstić information content (AvgIpc) is 2.86. The predicted octanol–water partition coefficient (Wildman–Crippen LogP) is 5.50. The van der Waals surface area contributed by atoms with Gasteiger partial charge in [-0.3, -0.25) is 4.79 Å². The molecule has 0 saturated heterocycles. The van der Waals surface area contributed by atoms with Gasteiger partial charge < -0.3 is 30.7 Å². The number of ether oxygens (including phenoxy) is 2.